The zero-order chi connectivity index (χ0) is 11.2. The van der Waals surface area contributed by atoms with Crippen molar-refractivity contribution in [1.82, 2.24) is 4.90 Å². The number of nitrogens with zero attached hydrogens (tertiary/aromatic N) is 2. The minimum absolute atomic E-state index is 0.0292. The summed E-state index contributed by atoms with van der Waals surface area (Å²) in [5.41, 5.74) is 5.89. The Morgan fingerprint density at radius 2 is 2.25 bits per heavy atom. The van der Waals surface area contributed by atoms with Crippen molar-refractivity contribution in [3.8, 4) is 0 Å². The van der Waals surface area contributed by atoms with Gasteiger partial charge in [0, 0.05) is 32.4 Å². The number of morpholine rings is 1. The van der Waals surface area contributed by atoms with E-state index in [1.54, 1.807) is 0 Å². The van der Waals surface area contributed by atoms with Gasteiger partial charge in [-0.1, -0.05) is 0 Å². The van der Waals surface area contributed by atoms with E-state index in [-0.39, 0.29) is 12.1 Å². The van der Waals surface area contributed by atoms with Crippen molar-refractivity contribution in [3.63, 3.8) is 0 Å². The smallest absolute Gasteiger partial charge is 0.0794 e. The molecule has 0 aliphatic carbocycles. The van der Waals surface area contributed by atoms with Crippen LogP contribution in [0.1, 0.15) is 6.42 Å². The van der Waals surface area contributed by atoms with Crippen molar-refractivity contribution in [2.75, 3.05) is 46.0 Å². The standard InChI is InChI=1S/C11H21N3O2/c12-10-9-13-2-1-11(10)16-8-5-14-3-6-15-7-4-14/h9-11H,1-8,12H2. The number of hydrogen-bond acceptors (Lipinski definition) is 5. The molecule has 92 valence electrons. The quantitative estimate of drug-likeness (QED) is 0.704. The lowest BCUT2D eigenvalue weighted by molar-refractivity contribution is -0.00213. The van der Waals surface area contributed by atoms with E-state index in [1.165, 1.54) is 0 Å². The Morgan fingerprint density at radius 1 is 1.44 bits per heavy atom. The number of nitrogens with two attached hydrogens (primary N) is 1. The third-order valence-electron chi connectivity index (χ3n) is 3.09. The van der Waals surface area contributed by atoms with E-state index in [2.05, 4.69) is 9.89 Å². The van der Waals surface area contributed by atoms with Crippen LogP contribution < -0.4 is 5.73 Å². The second kappa shape index (κ2) is 6.30. The Hall–Kier alpha value is -0.490. The van der Waals surface area contributed by atoms with E-state index in [9.17, 15) is 0 Å². The second-order valence-corrected chi connectivity index (χ2v) is 4.28. The summed E-state index contributed by atoms with van der Waals surface area (Å²) in [7, 11) is 0. The second-order valence-electron chi connectivity index (χ2n) is 4.28. The van der Waals surface area contributed by atoms with Crippen LogP contribution in [0.5, 0.6) is 0 Å². The fraction of sp³-hybridized carbons (Fsp3) is 0.909. The average Bonchev–Trinajstić information content (AvgIpc) is 2.33. The van der Waals surface area contributed by atoms with Gasteiger partial charge in [-0.3, -0.25) is 9.89 Å². The molecule has 1 saturated heterocycles. The summed E-state index contributed by atoms with van der Waals surface area (Å²) in [5, 5.41) is 0. The lowest BCUT2D eigenvalue weighted by Crippen LogP contribution is -2.43. The highest BCUT2D eigenvalue weighted by Crippen LogP contribution is 2.07. The van der Waals surface area contributed by atoms with Crippen LogP contribution in [0.2, 0.25) is 0 Å². The normalized spacial score (nSPS) is 31.8. The molecule has 5 heteroatoms. The topological polar surface area (TPSA) is 60.1 Å². The first-order valence-electron chi connectivity index (χ1n) is 6.03. The van der Waals surface area contributed by atoms with Gasteiger partial charge in [0.1, 0.15) is 0 Å². The van der Waals surface area contributed by atoms with Crippen LogP contribution in [-0.2, 0) is 9.47 Å². The van der Waals surface area contributed by atoms with Crippen LogP contribution in [0, 0.1) is 0 Å². The molecular weight excluding hydrogens is 206 g/mol. The zero-order valence-electron chi connectivity index (χ0n) is 9.68. The Bertz CT molecular complexity index is 229. The maximum absolute atomic E-state index is 5.89. The van der Waals surface area contributed by atoms with Crippen molar-refractivity contribution in [2.45, 2.75) is 18.6 Å². The number of hydrogen-bond donors (Lipinski definition) is 1. The van der Waals surface area contributed by atoms with Gasteiger partial charge < -0.3 is 15.2 Å². The third-order valence-corrected chi connectivity index (χ3v) is 3.09. The van der Waals surface area contributed by atoms with Crippen LogP contribution >= 0.6 is 0 Å². The van der Waals surface area contributed by atoms with Gasteiger partial charge in [-0.05, 0) is 6.42 Å². The molecular formula is C11H21N3O2. The zero-order valence-corrected chi connectivity index (χ0v) is 9.68. The highest BCUT2D eigenvalue weighted by Gasteiger charge is 2.20. The number of rotatable bonds is 4. The minimum Gasteiger partial charge on any atom is -0.379 e. The molecule has 0 radical (unpaired) electrons. The maximum Gasteiger partial charge on any atom is 0.0794 e. The largest absolute Gasteiger partial charge is 0.379 e. The van der Waals surface area contributed by atoms with Crippen LogP contribution in [0.4, 0.5) is 0 Å². The molecule has 2 aliphatic rings. The van der Waals surface area contributed by atoms with E-state index in [4.69, 9.17) is 15.2 Å². The molecule has 16 heavy (non-hydrogen) atoms. The van der Waals surface area contributed by atoms with Gasteiger partial charge in [-0.25, -0.2) is 0 Å². The van der Waals surface area contributed by atoms with Crippen molar-refractivity contribution in [1.29, 1.82) is 0 Å². The predicted octanol–water partition coefficient (Wildman–Crippen LogP) is -0.494. The Morgan fingerprint density at radius 3 is 3.00 bits per heavy atom. The highest BCUT2D eigenvalue weighted by molar-refractivity contribution is 5.65. The molecule has 2 atom stereocenters. The molecule has 0 saturated carbocycles. The van der Waals surface area contributed by atoms with Crippen LogP contribution in [0.3, 0.4) is 0 Å². The first-order chi connectivity index (χ1) is 7.86. The first kappa shape index (κ1) is 12.0. The summed E-state index contributed by atoms with van der Waals surface area (Å²) >= 11 is 0. The van der Waals surface area contributed by atoms with E-state index in [0.717, 1.165) is 52.4 Å². The third kappa shape index (κ3) is 3.52. The van der Waals surface area contributed by atoms with E-state index < -0.39 is 0 Å². The van der Waals surface area contributed by atoms with Crippen LogP contribution in [-0.4, -0.2) is 69.3 Å². The summed E-state index contributed by atoms with van der Waals surface area (Å²) in [6.07, 6.45) is 2.91. The number of aliphatic imine (C=N–C) groups is 1. The molecule has 0 spiro atoms. The minimum atomic E-state index is -0.0292. The van der Waals surface area contributed by atoms with Gasteiger partial charge in [0.05, 0.1) is 32.0 Å². The van der Waals surface area contributed by atoms with E-state index in [0.29, 0.717) is 0 Å². The summed E-state index contributed by atoms with van der Waals surface area (Å²) in [6.45, 7) is 6.29. The lowest BCUT2D eigenvalue weighted by Gasteiger charge is -2.28. The number of ether oxygens (including phenoxy) is 2. The highest BCUT2D eigenvalue weighted by atomic mass is 16.5. The van der Waals surface area contributed by atoms with Crippen LogP contribution in [0.25, 0.3) is 0 Å². The molecule has 0 aromatic rings. The maximum atomic E-state index is 5.89. The van der Waals surface area contributed by atoms with E-state index in [1.807, 2.05) is 6.21 Å². The molecule has 2 aliphatic heterocycles. The van der Waals surface area contributed by atoms with E-state index >= 15 is 0 Å². The average molecular weight is 227 g/mol. The predicted molar refractivity (Wildman–Crippen MR) is 63.0 cm³/mol. The fourth-order valence-electron chi connectivity index (χ4n) is 2.04. The van der Waals surface area contributed by atoms with Gasteiger partial charge in [-0.2, -0.15) is 0 Å². The lowest BCUT2D eigenvalue weighted by atomic mass is 10.1. The van der Waals surface area contributed by atoms with Crippen LogP contribution in [0.15, 0.2) is 4.99 Å². The van der Waals surface area contributed by atoms with Gasteiger partial charge in [0.25, 0.3) is 0 Å². The summed E-state index contributed by atoms with van der Waals surface area (Å²) in [4.78, 5) is 6.52. The Labute approximate surface area is 96.6 Å². The van der Waals surface area contributed by atoms with Crippen molar-refractivity contribution in [2.24, 2.45) is 10.7 Å². The molecule has 2 heterocycles. The van der Waals surface area contributed by atoms with Crippen molar-refractivity contribution >= 4 is 6.21 Å². The molecule has 0 aromatic carbocycles. The first-order valence-corrected chi connectivity index (χ1v) is 6.03. The van der Waals surface area contributed by atoms with Gasteiger partial charge >= 0.3 is 0 Å². The Balaban J connectivity index is 1.61. The van der Waals surface area contributed by atoms with Gasteiger partial charge in [0.15, 0.2) is 0 Å². The van der Waals surface area contributed by atoms with Crippen molar-refractivity contribution in [3.05, 3.63) is 0 Å². The molecule has 0 aromatic heterocycles. The molecule has 5 nitrogen and oxygen atoms in total. The molecule has 2 rings (SSSR count). The molecule has 1 fully saturated rings. The molecule has 0 bridgehead atoms. The van der Waals surface area contributed by atoms with Gasteiger partial charge in [-0.15, -0.1) is 0 Å². The van der Waals surface area contributed by atoms with Gasteiger partial charge in [0.2, 0.25) is 0 Å². The molecule has 0 amide bonds. The molecule has 2 N–H and O–H groups in total. The molecule has 2 unspecified atom stereocenters. The fourth-order valence-corrected chi connectivity index (χ4v) is 2.04. The summed E-state index contributed by atoms with van der Waals surface area (Å²) in [5.74, 6) is 0. The summed E-state index contributed by atoms with van der Waals surface area (Å²) < 4.78 is 11.1. The monoisotopic (exact) mass is 227 g/mol. The van der Waals surface area contributed by atoms with Crippen molar-refractivity contribution < 1.29 is 9.47 Å². The Kier molecular flexibility index (Phi) is 4.71. The SMILES string of the molecule is NC1C=NCCC1OCCN1CCOCC1. The summed E-state index contributed by atoms with van der Waals surface area (Å²) in [6, 6.07) is -0.0292.